The SMILES string of the molecule is CCC(C)C(NC(=O)N(CC)CC(=O)NC(C)C)C(=O)O. The first-order valence-corrected chi connectivity index (χ1v) is 7.30. The molecule has 3 amide bonds. The minimum absolute atomic E-state index is 0.00820. The maximum Gasteiger partial charge on any atom is 0.326 e. The number of carboxylic acid groups (broad SMARTS) is 1. The molecule has 122 valence electrons. The summed E-state index contributed by atoms with van der Waals surface area (Å²) >= 11 is 0. The van der Waals surface area contributed by atoms with Gasteiger partial charge in [0.05, 0.1) is 0 Å². The number of carbonyl (C=O) groups is 3. The number of likely N-dealkylation sites (N-methyl/N-ethyl adjacent to an activating group) is 1. The zero-order valence-corrected chi connectivity index (χ0v) is 13.5. The van der Waals surface area contributed by atoms with Crippen molar-refractivity contribution in [3.63, 3.8) is 0 Å². The van der Waals surface area contributed by atoms with Crippen LogP contribution in [0.3, 0.4) is 0 Å². The molecule has 0 aliphatic rings. The van der Waals surface area contributed by atoms with E-state index in [4.69, 9.17) is 5.11 Å². The van der Waals surface area contributed by atoms with E-state index in [9.17, 15) is 14.4 Å². The van der Waals surface area contributed by atoms with Crippen LogP contribution in [-0.4, -0.2) is 53.1 Å². The lowest BCUT2D eigenvalue weighted by molar-refractivity contribution is -0.140. The van der Waals surface area contributed by atoms with Crippen LogP contribution in [0.1, 0.15) is 41.0 Å². The van der Waals surface area contributed by atoms with Crippen molar-refractivity contribution in [3.8, 4) is 0 Å². The van der Waals surface area contributed by atoms with Crippen molar-refractivity contribution in [2.24, 2.45) is 5.92 Å². The molecular weight excluding hydrogens is 274 g/mol. The third-order valence-electron chi connectivity index (χ3n) is 3.21. The molecule has 0 spiro atoms. The molecule has 0 aliphatic carbocycles. The predicted octanol–water partition coefficient (Wildman–Crippen LogP) is 1.04. The molecule has 7 heteroatoms. The molecule has 0 aromatic carbocycles. The summed E-state index contributed by atoms with van der Waals surface area (Å²) in [5.41, 5.74) is 0. The number of hydrogen-bond donors (Lipinski definition) is 3. The van der Waals surface area contributed by atoms with Gasteiger partial charge in [-0.05, 0) is 26.7 Å². The fourth-order valence-corrected chi connectivity index (χ4v) is 1.78. The van der Waals surface area contributed by atoms with Crippen molar-refractivity contribution in [2.45, 2.75) is 53.1 Å². The summed E-state index contributed by atoms with van der Waals surface area (Å²) in [5, 5.41) is 14.3. The van der Waals surface area contributed by atoms with Gasteiger partial charge in [0, 0.05) is 12.6 Å². The summed E-state index contributed by atoms with van der Waals surface area (Å²) in [6, 6.07) is -1.50. The number of aliphatic carboxylic acids is 1. The van der Waals surface area contributed by atoms with E-state index in [0.29, 0.717) is 13.0 Å². The Hall–Kier alpha value is -1.79. The molecule has 0 heterocycles. The van der Waals surface area contributed by atoms with Crippen LogP contribution < -0.4 is 10.6 Å². The largest absolute Gasteiger partial charge is 0.480 e. The molecule has 0 radical (unpaired) electrons. The Morgan fingerprint density at radius 1 is 1.10 bits per heavy atom. The lowest BCUT2D eigenvalue weighted by Crippen LogP contribution is -2.52. The Bertz CT molecular complexity index is 371. The zero-order chi connectivity index (χ0) is 16.6. The molecule has 3 N–H and O–H groups in total. The lowest BCUT2D eigenvalue weighted by Gasteiger charge is -2.26. The normalized spacial score (nSPS) is 13.4. The second-order valence-electron chi connectivity index (χ2n) is 5.39. The van der Waals surface area contributed by atoms with Crippen molar-refractivity contribution in [2.75, 3.05) is 13.1 Å². The molecule has 0 fully saturated rings. The minimum atomic E-state index is -1.07. The first-order chi connectivity index (χ1) is 9.72. The van der Waals surface area contributed by atoms with Crippen LogP contribution in [0.15, 0.2) is 0 Å². The van der Waals surface area contributed by atoms with Crippen molar-refractivity contribution < 1.29 is 19.5 Å². The zero-order valence-electron chi connectivity index (χ0n) is 13.5. The van der Waals surface area contributed by atoms with Gasteiger partial charge in [0.2, 0.25) is 5.91 Å². The lowest BCUT2D eigenvalue weighted by atomic mass is 9.99. The van der Waals surface area contributed by atoms with Crippen molar-refractivity contribution >= 4 is 17.9 Å². The molecular formula is C14H27N3O4. The van der Waals surface area contributed by atoms with E-state index >= 15 is 0 Å². The standard InChI is InChI=1S/C14H27N3O4/c1-6-10(5)12(13(19)20)16-14(21)17(7-2)8-11(18)15-9(3)4/h9-10,12H,6-8H2,1-5H3,(H,15,18)(H,16,21)(H,19,20). The van der Waals surface area contributed by atoms with Crippen molar-refractivity contribution in [3.05, 3.63) is 0 Å². The van der Waals surface area contributed by atoms with Gasteiger partial charge >= 0.3 is 12.0 Å². The van der Waals surface area contributed by atoms with Gasteiger partial charge in [0.25, 0.3) is 0 Å². The number of nitrogens with zero attached hydrogens (tertiary/aromatic N) is 1. The van der Waals surface area contributed by atoms with Crippen LogP contribution in [0.5, 0.6) is 0 Å². The van der Waals surface area contributed by atoms with E-state index in [0.717, 1.165) is 0 Å². The fraction of sp³-hybridized carbons (Fsp3) is 0.786. The Kier molecular flexibility index (Phi) is 8.42. The molecule has 0 aliphatic heterocycles. The van der Waals surface area contributed by atoms with Crippen LogP contribution in [0, 0.1) is 5.92 Å². The summed E-state index contributed by atoms with van der Waals surface area (Å²) in [4.78, 5) is 36.3. The van der Waals surface area contributed by atoms with E-state index in [-0.39, 0.29) is 24.4 Å². The molecule has 21 heavy (non-hydrogen) atoms. The average molecular weight is 301 g/mol. The van der Waals surface area contributed by atoms with Gasteiger partial charge in [0.1, 0.15) is 12.6 Å². The highest BCUT2D eigenvalue weighted by atomic mass is 16.4. The number of nitrogens with one attached hydrogen (secondary N) is 2. The third-order valence-corrected chi connectivity index (χ3v) is 3.21. The summed E-state index contributed by atoms with van der Waals surface area (Å²) in [7, 11) is 0. The molecule has 0 saturated carbocycles. The van der Waals surface area contributed by atoms with Crippen LogP contribution in [0.25, 0.3) is 0 Å². The highest BCUT2D eigenvalue weighted by Gasteiger charge is 2.27. The monoisotopic (exact) mass is 301 g/mol. The Labute approximate surface area is 126 Å². The quantitative estimate of drug-likeness (QED) is 0.624. The predicted molar refractivity (Wildman–Crippen MR) is 79.9 cm³/mol. The second-order valence-corrected chi connectivity index (χ2v) is 5.39. The highest BCUT2D eigenvalue weighted by Crippen LogP contribution is 2.08. The summed E-state index contributed by atoms with van der Waals surface area (Å²) in [5.74, 6) is -1.52. The molecule has 2 atom stereocenters. The molecule has 2 unspecified atom stereocenters. The number of rotatable bonds is 8. The van der Waals surface area contributed by atoms with Crippen LogP contribution >= 0.6 is 0 Å². The number of carboxylic acids is 1. The van der Waals surface area contributed by atoms with E-state index in [1.165, 1.54) is 4.90 Å². The van der Waals surface area contributed by atoms with Crippen LogP contribution in [0.2, 0.25) is 0 Å². The number of hydrogen-bond acceptors (Lipinski definition) is 3. The second kappa shape index (κ2) is 9.20. The molecule has 7 nitrogen and oxygen atoms in total. The molecule has 0 rings (SSSR count). The van der Waals surface area contributed by atoms with Crippen molar-refractivity contribution in [1.29, 1.82) is 0 Å². The van der Waals surface area contributed by atoms with Gasteiger partial charge in [-0.2, -0.15) is 0 Å². The van der Waals surface area contributed by atoms with Crippen LogP contribution in [0.4, 0.5) is 4.79 Å². The third kappa shape index (κ3) is 6.97. The Morgan fingerprint density at radius 3 is 2.05 bits per heavy atom. The molecule has 0 aromatic rings. The highest BCUT2D eigenvalue weighted by molar-refractivity contribution is 5.86. The van der Waals surface area contributed by atoms with E-state index in [1.54, 1.807) is 13.8 Å². The first-order valence-electron chi connectivity index (χ1n) is 7.30. The Balaban J connectivity index is 4.70. The van der Waals surface area contributed by atoms with E-state index in [2.05, 4.69) is 10.6 Å². The van der Waals surface area contributed by atoms with Gasteiger partial charge in [0.15, 0.2) is 0 Å². The van der Waals surface area contributed by atoms with E-state index in [1.807, 2.05) is 20.8 Å². The number of carbonyl (C=O) groups excluding carboxylic acids is 2. The molecule has 0 aromatic heterocycles. The van der Waals surface area contributed by atoms with Gasteiger partial charge in [-0.1, -0.05) is 20.3 Å². The number of amides is 3. The van der Waals surface area contributed by atoms with Gasteiger partial charge in [-0.3, -0.25) is 4.79 Å². The molecule has 0 saturated heterocycles. The summed E-state index contributed by atoms with van der Waals surface area (Å²) in [6.45, 7) is 9.26. The maximum atomic E-state index is 12.1. The van der Waals surface area contributed by atoms with E-state index < -0.39 is 18.0 Å². The average Bonchev–Trinajstić information content (AvgIpc) is 2.39. The topological polar surface area (TPSA) is 98.7 Å². The molecule has 0 bridgehead atoms. The van der Waals surface area contributed by atoms with Gasteiger partial charge in [-0.25, -0.2) is 9.59 Å². The number of urea groups is 1. The first kappa shape index (κ1) is 19.2. The van der Waals surface area contributed by atoms with Gasteiger partial charge in [-0.15, -0.1) is 0 Å². The summed E-state index contributed by atoms with van der Waals surface area (Å²) < 4.78 is 0. The van der Waals surface area contributed by atoms with Gasteiger partial charge < -0.3 is 20.6 Å². The summed E-state index contributed by atoms with van der Waals surface area (Å²) in [6.07, 6.45) is 0.636. The maximum absolute atomic E-state index is 12.1. The Morgan fingerprint density at radius 2 is 1.67 bits per heavy atom. The smallest absolute Gasteiger partial charge is 0.326 e. The fourth-order valence-electron chi connectivity index (χ4n) is 1.78. The minimum Gasteiger partial charge on any atom is -0.480 e. The van der Waals surface area contributed by atoms with Crippen molar-refractivity contribution in [1.82, 2.24) is 15.5 Å². The van der Waals surface area contributed by atoms with Crippen LogP contribution in [-0.2, 0) is 9.59 Å².